The van der Waals surface area contributed by atoms with Crippen LogP contribution in [-0.2, 0) is 5.54 Å². The number of carboxylic acids is 1. The van der Waals surface area contributed by atoms with Gasteiger partial charge in [0.2, 0.25) is 17.1 Å². The zero-order chi connectivity index (χ0) is 17.4. The van der Waals surface area contributed by atoms with Crippen LogP contribution in [0.2, 0.25) is 0 Å². The Morgan fingerprint density at radius 1 is 1.38 bits per heavy atom. The van der Waals surface area contributed by atoms with Gasteiger partial charge in [-0.2, -0.15) is 8.78 Å². The van der Waals surface area contributed by atoms with E-state index in [0.29, 0.717) is 12.8 Å². The van der Waals surface area contributed by atoms with Crippen molar-refractivity contribution in [2.45, 2.75) is 18.4 Å². The van der Waals surface area contributed by atoms with Gasteiger partial charge in [-0.25, -0.2) is 4.79 Å². The second kappa shape index (κ2) is 4.28. The molecule has 124 valence electrons. The highest BCUT2D eigenvalue weighted by atomic mass is 19.2. The molecule has 2 aromatic rings. The molecule has 2 heterocycles. The Labute approximate surface area is 131 Å². The summed E-state index contributed by atoms with van der Waals surface area (Å²) in [6, 6.07) is 0. The summed E-state index contributed by atoms with van der Waals surface area (Å²) in [7, 11) is 0. The van der Waals surface area contributed by atoms with E-state index >= 15 is 0 Å². The average Bonchev–Trinajstić information content (AvgIpc) is 3.28. The maximum absolute atomic E-state index is 14.2. The van der Waals surface area contributed by atoms with E-state index in [1.54, 1.807) is 0 Å². The molecule has 0 bridgehead atoms. The predicted molar refractivity (Wildman–Crippen MR) is 74.4 cm³/mol. The molecule has 4 rings (SSSR count). The van der Waals surface area contributed by atoms with Crippen LogP contribution in [0.25, 0.3) is 10.9 Å². The molecule has 0 saturated heterocycles. The highest BCUT2D eigenvalue weighted by molar-refractivity contribution is 5.99. The van der Waals surface area contributed by atoms with Gasteiger partial charge in [-0.1, -0.05) is 0 Å². The van der Waals surface area contributed by atoms with E-state index in [-0.39, 0.29) is 12.1 Å². The fourth-order valence-electron chi connectivity index (χ4n) is 3.11. The largest absolute Gasteiger partial charge is 0.486 e. The summed E-state index contributed by atoms with van der Waals surface area (Å²) >= 11 is 0. The highest BCUT2D eigenvalue weighted by Gasteiger charge is 2.50. The number of halogens is 2. The quantitative estimate of drug-likeness (QED) is 0.660. The number of hydrogen-bond acceptors (Lipinski definition) is 5. The van der Waals surface area contributed by atoms with Gasteiger partial charge in [0, 0.05) is 6.20 Å². The second-order valence-electron chi connectivity index (χ2n) is 5.85. The van der Waals surface area contributed by atoms with Crippen molar-refractivity contribution in [2.24, 2.45) is 0 Å². The van der Waals surface area contributed by atoms with Crippen molar-refractivity contribution < 1.29 is 28.3 Å². The van der Waals surface area contributed by atoms with Crippen LogP contribution in [0.15, 0.2) is 11.0 Å². The van der Waals surface area contributed by atoms with Crippen LogP contribution in [0.5, 0.6) is 5.75 Å². The summed E-state index contributed by atoms with van der Waals surface area (Å²) < 4.78 is 34.8. The van der Waals surface area contributed by atoms with E-state index in [1.165, 1.54) is 4.57 Å². The minimum atomic E-state index is -1.85. The van der Waals surface area contributed by atoms with Gasteiger partial charge in [-0.05, 0) is 12.8 Å². The van der Waals surface area contributed by atoms with Crippen LogP contribution in [-0.4, -0.2) is 27.2 Å². The minimum Gasteiger partial charge on any atom is -0.486 e. The summed E-state index contributed by atoms with van der Waals surface area (Å²) in [4.78, 5) is 33.7. The Morgan fingerprint density at radius 2 is 2.04 bits per heavy atom. The molecular weight excluding hydrogens is 330 g/mol. The Kier molecular flexibility index (Phi) is 2.59. The first kappa shape index (κ1) is 14.5. The number of ether oxygens (including phenoxy) is 1. The van der Waals surface area contributed by atoms with E-state index in [9.17, 15) is 33.6 Å². The number of pyridine rings is 1. The maximum Gasteiger partial charge on any atom is 0.341 e. The summed E-state index contributed by atoms with van der Waals surface area (Å²) in [6.45, 7) is -0.0365. The van der Waals surface area contributed by atoms with Crippen LogP contribution >= 0.6 is 0 Å². The lowest BCUT2D eigenvalue weighted by molar-refractivity contribution is -0.386. The molecule has 1 fully saturated rings. The molecule has 8 nitrogen and oxygen atoms in total. The van der Waals surface area contributed by atoms with Crippen LogP contribution in [0.4, 0.5) is 14.5 Å². The minimum absolute atomic E-state index is 0.0365. The molecule has 0 amide bonds. The van der Waals surface area contributed by atoms with Gasteiger partial charge in [-0.15, -0.1) is 0 Å². The number of carbonyl (C=O) groups is 1. The second-order valence-corrected chi connectivity index (χ2v) is 5.85. The van der Waals surface area contributed by atoms with Crippen molar-refractivity contribution in [2.75, 3.05) is 6.61 Å². The van der Waals surface area contributed by atoms with E-state index in [2.05, 4.69) is 0 Å². The zero-order valence-electron chi connectivity index (χ0n) is 11.8. The third-order valence-electron chi connectivity index (χ3n) is 4.50. The van der Waals surface area contributed by atoms with Crippen molar-refractivity contribution >= 4 is 22.6 Å². The Bertz CT molecular complexity index is 1020. The number of nitrogens with zero attached hydrogens (tertiary/aromatic N) is 2. The number of hydrogen-bond donors (Lipinski definition) is 1. The first-order valence-electron chi connectivity index (χ1n) is 6.90. The van der Waals surface area contributed by atoms with E-state index in [0.717, 1.165) is 6.20 Å². The monoisotopic (exact) mass is 338 g/mol. The van der Waals surface area contributed by atoms with Gasteiger partial charge in [-0.3, -0.25) is 14.9 Å². The third-order valence-corrected chi connectivity index (χ3v) is 4.50. The Balaban J connectivity index is 2.32. The lowest BCUT2D eigenvalue weighted by Gasteiger charge is -2.29. The van der Waals surface area contributed by atoms with Crippen LogP contribution in [0.1, 0.15) is 23.2 Å². The fourth-order valence-corrected chi connectivity index (χ4v) is 3.11. The first-order chi connectivity index (χ1) is 11.3. The predicted octanol–water partition coefficient (Wildman–Crippen LogP) is 1.77. The van der Waals surface area contributed by atoms with Gasteiger partial charge < -0.3 is 14.4 Å². The summed E-state index contributed by atoms with van der Waals surface area (Å²) in [6.07, 6.45) is 2.15. The van der Waals surface area contributed by atoms with E-state index < -0.39 is 55.9 Å². The highest BCUT2D eigenvalue weighted by Crippen LogP contribution is 2.51. The number of benzene rings is 1. The molecule has 0 unspecified atom stereocenters. The number of nitro groups is 1. The van der Waals surface area contributed by atoms with E-state index in [1.807, 2.05) is 0 Å². The van der Waals surface area contributed by atoms with Crippen LogP contribution in [0.3, 0.4) is 0 Å². The molecule has 1 aromatic heterocycles. The number of rotatable bonds is 2. The number of aromatic nitrogens is 1. The normalized spacial score (nSPS) is 16.9. The number of aromatic carboxylic acids is 1. The number of fused-ring (bicyclic) bond motifs is 1. The number of nitro benzene ring substituents is 1. The summed E-state index contributed by atoms with van der Waals surface area (Å²) in [5.41, 5.74) is -4.34. The average molecular weight is 338 g/mol. The molecule has 1 saturated carbocycles. The molecular formula is C14H8F2N2O6. The van der Waals surface area contributed by atoms with Crippen molar-refractivity contribution in [3.05, 3.63) is 43.7 Å². The number of carboxylic acid groups (broad SMARTS) is 1. The fraction of sp³-hybridized carbons (Fsp3) is 0.286. The SMILES string of the molecule is O=C(O)c1cn2c3c(c(F)c(F)c([N+](=O)[O-])c3c1=O)OCC21CC1. The first-order valence-corrected chi connectivity index (χ1v) is 6.90. The van der Waals surface area contributed by atoms with Gasteiger partial charge in [0.25, 0.3) is 0 Å². The Hall–Kier alpha value is -3.04. The van der Waals surface area contributed by atoms with Crippen molar-refractivity contribution in [3.8, 4) is 5.75 Å². The smallest absolute Gasteiger partial charge is 0.341 e. The van der Waals surface area contributed by atoms with Crippen LogP contribution in [0, 0.1) is 21.7 Å². The molecule has 24 heavy (non-hydrogen) atoms. The van der Waals surface area contributed by atoms with Crippen molar-refractivity contribution in [1.82, 2.24) is 4.57 Å². The molecule has 0 atom stereocenters. The molecule has 0 radical (unpaired) electrons. The Morgan fingerprint density at radius 3 is 2.58 bits per heavy atom. The van der Waals surface area contributed by atoms with Gasteiger partial charge in [0.1, 0.15) is 23.1 Å². The van der Waals surface area contributed by atoms with Crippen molar-refractivity contribution in [1.29, 1.82) is 0 Å². The van der Waals surface area contributed by atoms with Gasteiger partial charge in [0.05, 0.1) is 10.5 Å². The summed E-state index contributed by atoms with van der Waals surface area (Å²) in [5.74, 6) is -5.63. The molecule has 1 spiro atoms. The molecule has 2 aliphatic rings. The molecule has 1 N–H and O–H groups in total. The standard InChI is InChI=1S/C14H8F2N2O6/c15-7-8(16)12-10-6(9(7)18(22)23)11(19)5(13(20)21)3-17(10)14(1-2-14)4-24-12/h3H,1-2,4H2,(H,20,21). The van der Waals surface area contributed by atoms with E-state index in [4.69, 9.17) is 4.74 Å². The van der Waals surface area contributed by atoms with Crippen LogP contribution < -0.4 is 10.2 Å². The molecule has 10 heteroatoms. The lowest BCUT2D eigenvalue weighted by atomic mass is 10.0. The third kappa shape index (κ3) is 1.59. The maximum atomic E-state index is 14.2. The topological polar surface area (TPSA) is 112 Å². The van der Waals surface area contributed by atoms with Gasteiger partial charge >= 0.3 is 11.7 Å². The van der Waals surface area contributed by atoms with Crippen molar-refractivity contribution in [3.63, 3.8) is 0 Å². The molecule has 1 aromatic carbocycles. The molecule has 1 aliphatic carbocycles. The van der Waals surface area contributed by atoms with Gasteiger partial charge in [0.15, 0.2) is 5.75 Å². The zero-order valence-corrected chi connectivity index (χ0v) is 11.8. The summed E-state index contributed by atoms with van der Waals surface area (Å²) in [5, 5.41) is 19.6. The molecule has 1 aliphatic heterocycles. The lowest BCUT2D eigenvalue weighted by Crippen LogP contribution is -2.34.